The van der Waals surface area contributed by atoms with E-state index in [1.54, 1.807) is 6.33 Å². The van der Waals surface area contributed by atoms with Gasteiger partial charge in [0.2, 0.25) is 5.91 Å². The lowest BCUT2D eigenvalue weighted by atomic mass is 10.1. The van der Waals surface area contributed by atoms with Crippen LogP contribution in [0, 0.1) is 0 Å². The minimum Gasteiger partial charge on any atom is -0.331 e. The third-order valence-electron chi connectivity index (χ3n) is 4.43. The second kappa shape index (κ2) is 4.47. The molecule has 4 rings (SSSR count). The number of hydrogen-bond donors (Lipinski definition) is 0. The number of carbonyl (C=O) groups is 1. The van der Waals surface area contributed by atoms with Crippen LogP contribution in [-0.2, 0) is 11.3 Å². The van der Waals surface area contributed by atoms with E-state index in [2.05, 4.69) is 22.0 Å². The second-order valence-corrected chi connectivity index (χ2v) is 5.62. The molecule has 0 N–H and O–H groups in total. The summed E-state index contributed by atoms with van der Waals surface area (Å²) in [6, 6.07) is 8.67. The van der Waals surface area contributed by atoms with E-state index in [0.29, 0.717) is 18.6 Å². The van der Waals surface area contributed by atoms with Gasteiger partial charge in [0.15, 0.2) is 0 Å². The molecule has 1 saturated heterocycles. The zero-order valence-electron chi connectivity index (χ0n) is 11.3. The van der Waals surface area contributed by atoms with Crippen molar-refractivity contribution < 1.29 is 4.79 Å². The summed E-state index contributed by atoms with van der Waals surface area (Å²) in [5, 5.41) is 0. The van der Waals surface area contributed by atoms with Gasteiger partial charge in [-0.1, -0.05) is 24.3 Å². The van der Waals surface area contributed by atoms with Gasteiger partial charge in [-0.2, -0.15) is 0 Å². The van der Waals surface area contributed by atoms with Gasteiger partial charge in [-0.15, -0.1) is 0 Å². The van der Waals surface area contributed by atoms with Crippen molar-refractivity contribution >= 4 is 16.9 Å². The highest BCUT2D eigenvalue weighted by atomic mass is 16.2. The molecule has 2 atom stereocenters. The molecule has 0 saturated carbocycles. The summed E-state index contributed by atoms with van der Waals surface area (Å²) in [6.45, 7) is 0.390. The Hall–Kier alpha value is -2.10. The molecule has 4 heteroatoms. The van der Waals surface area contributed by atoms with Crippen LogP contribution < -0.4 is 0 Å². The van der Waals surface area contributed by atoms with Gasteiger partial charge < -0.3 is 9.47 Å². The van der Waals surface area contributed by atoms with Crippen LogP contribution in [0.25, 0.3) is 11.0 Å². The van der Waals surface area contributed by atoms with Gasteiger partial charge in [0.1, 0.15) is 6.54 Å². The molecule has 0 aliphatic carbocycles. The zero-order valence-corrected chi connectivity index (χ0v) is 11.3. The van der Waals surface area contributed by atoms with Gasteiger partial charge in [-0.3, -0.25) is 4.79 Å². The molecule has 4 nitrogen and oxygen atoms in total. The monoisotopic (exact) mass is 267 g/mol. The summed E-state index contributed by atoms with van der Waals surface area (Å²) >= 11 is 0. The molecule has 0 spiro atoms. The van der Waals surface area contributed by atoms with Crippen molar-refractivity contribution in [3.05, 3.63) is 42.7 Å². The molecule has 3 heterocycles. The lowest BCUT2D eigenvalue weighted by molar-refractivity contribution is -0.134. The summed E-state index contributed by atoms with van der Waals surface area (Å²) < 4.78 is 1.95. The molecule has 2 aliphatic heterocycles. The second-order valence-electron chi connectivity index (χ2n) is 5.62. The molecule has 2 unspecified atom stereocenters. The Bertz CT molecular complexity index is 688. The quantitative estimate of drug-likeness (QED) is 0.783. The van der Waals surface area contributed by atoms with E-state index >= 15 is 0 Å². The molecule has 0 radical (unpaired) electrons. The molecule has 20 heavy (non-hydrogen) atoms. The van der Waals surface area contributed by atoms with E-state index in [9.17, 15) is 4.79 Å². The maximum Gasteiger partial charge on any atom is 0.243 e. The fraction of sp³-hybridized carbons (Fsp3) is 0.375. The Balaban J connectivity index is 1.60. The van der Waals surface area contributed by atoms with Crippen LogP contribution in [0.2, 0.25) is 0 Å². The third-order valence-corrected chi connectivity index (χ3v) is 4.43. The van der Waals surface area contributed by atoms with E-state index in [-0.39, 0.29) is 5.91 Å². The number of rotatable bonds is 2. The van der Waals surface area contributed by atoms with Crippen molar-refractivity contribution in [1.29, 1.82) is 0 Å². The molecule has 2 aliphatic rings. The number of amides is 1. The van der Waals surface area contributed by atoms with Crippen LogP contribution in [0.3, 0.4) is 0 Å². The van der Waals surface area contributed by atoms with Gasteiger partial charge in [0, 0.05) is 6.04 Å². The van der Waals surface area contributed by atoms with Crippen molar-refractivity contribution in [2.45, 2.75) is 37.9 Å². The molecular weight excluding hydrogens is 250 g/mol. The maximum absolute atomic E-state index is 12.6. The first kappa shape index (κ1) is 11.7. The number of hydrogen-bond acceptors (Lipinski definition) is 2. The Kier molecular flexibility index (Phi) is 2.62. The normalized spacial score (nSPS) is 24.5. The summed E-state index contributed by atoms with van der Waals surface area (Å²) in [7, 11) is 0. The van der Waals surface area contributed by atoms with Crippen LogP contribution >= 0.6 is 0 Å². The predicted molar refractivity (Wildman–Crippen MR) is 77.1 cm³/mol. The first-order valence-electron chi connectivity index (χ1n) is 7.20. The molecule has 2 bridgehead atoms. The number of carbonyl (C=O) groups excluding carboxylic acids is 1. The summed E-state index contributed by atoms with van der Waals surface area (Å²) in [5.74, 6) is 0.213. The van der Waals surface area contributed by atoms with Crippen LogP contribution in [0.1, 0.15) is 19.3 Å². The number of fused-ring (bicyclic) bond motifs is 3. The highest BCUT2D eigenvalue weighted by Crippen LogP contribution is 2.31. The fourth-order valence-corrected chi connectivity index (χ4v) is 3.48. The molecule has 2 aromatic rings. The summed E-state index contributed by atoms with van der Waals surface area (Å²) in [5.41, 5.74) is 1.97. The lowest BCUT2D eigenvalue weighted by Gasteiger charge is -2.31. The van der Waals surface area contributed by atoms with Gasteiger partial charge >= 0.3 is 0 Å². The van der Waals surface area contributed by atoms with Gasteiger partial charge in [-0.25, -0.2) is 4.98 Å². The van der Waals surface area contributed by atoms with Crippen molar-refractivity contribution in [3.8, 4) is 0 Å². The molecule has 1 aromatic heterocycles. The van der Waals surface area contributed by atoms with Gasteiger partial charge in [0.05, 0.1) is 23.4 Å². The van der Waals surface area contributed by atoms with E-state index in [1.165, 1.54) is 0 Å². The zero-order chi connectivity index (χ0) is 13.5. The average Bonchev–Trinajstić information content (AvgIpc) is 2.98. The minimum absolute atomic E-state index is 0.213. The Morgan fingerprint density at radius 2 is 2.20 bits per heavy atom. The SMILES string of the molecule is O=C(Cn1cnc2ccccc21)N1C2C=CCC1CC2. The van der Waals surface area contributed by atoms with Crippen molar-refractivity contribution in [2.24, 2.45) is 0 Å². The number of nitrogens with zero attached hydrogens (tertiary/aromatic N) is 3. The predicted octanol–water partition coefficient (Wildman–Crippen LogP) is 2.36. The lowest BCUT2D eigenvalue weighted by Crippen LogP contribution is -2.43. The Morgan fingerprint density at radius 1 is 1.30 bits per heavy atom. The van der Waals surface area contributed by atoms with E-state index < -0.39 is 0 Å². The topological polar surface area (TPSA) is 38.1 Å². The van der Waals surface area contributed by atoms with Crippen LogP contribution in [0.4, 0.5) is 0 Å². The standard InChI is InChI=1S/C16H17N3O/c20-16(19-12-4-3-5-13(19)9-8-12)10-18-11-17-14-6-1-2-7-15(14)18/h1-4,6-7,11-13H,5,8-10H2. The fourth-order valence-electron chi connectivity index (χ4n) is 3.48. The highest BCUT2D eigenvalue weighted by Gasteiger charge is 2.36. The molecule has 102 valence electrons. The van der Waals surface area contributed by atoms with Gasteiger partial charge in [-0.05, 0) is 31.4 Å². The summed E-state index contributed by atoms with van der Waals surface area (Å²) in [6.07, 6.45) is 9.43. The van der Waals surface area contributed by atoms with E-state index in [1.807, 2.05) is 28.8 Å². The van der Waals surface area contributed by atoms with E-state index in [4.69, 9.17) is 0 Å². The molecule has 1 amide bonds. The maximum atomic E-state index is 12.6. The largest absolute Gasteiger partial charge is 0.331 e. The van der Waals surface area contributed by atoms with Gasteiger partial charge in [0.25, 0.3) is 0 Å². The molecule has 1 aromatic carbocycles. The minimum atomic E-state index is 0.213. The number of aromatic nitrogens is 2. The Morgan fingerprint density at radius 3 is 3.10 bits per heavy atom. The van der Waals surface area contributed by atoms with E-state index in [0.717, 1.165) is 30.3 Å². The third kappa shape index (κ3) is 1.75. The number of benzene rings is 1. The highest BCUT2D eigenvalue weighted by molar-refractivity contribution is 5.81. The Labute approximate surface area is 117 Å². The summed E-state index contributed by atoms with van der Waals surface area (Å²) in [4.78, 5) is 19.0. The smallest absolute Gasteiger partial charge is 0.243 e. The first-order valence-corrected chi connectivity index (χ1v) is 7.20. The number of para-hydroxylation sites is 2. The molecular formula is C16H17N3O. The van der Waals surface area contributed by atoms with Crippen molar-refractivity contribution in [1.82, 2.24) is 14.5 Å². The molecule has 1 fully saturated rings. The van der Waals surface area contributed by atoms with Crippen molar-refractivity contribution in [2.75, 3.05) is 0 Å². The van der Waals surface area contributed by atoms with Crippen LogP contribution in [-0.4, -0.2) is 32.4 Å². The van der Waals surface area contributed by atoms with Crippen molar-refractivity contribution in [3.63, 3.8) is 0 Å². The van der Waals surface area contributed by atoms with Crippen LogP contribution in [0.5, 0.6) is 0 Å². The number of imidazole rings is 1. The first-order chi connectivity index (χ1) is 9.83. The average molecular weight is 267 g/mol. The van der Waals surface area contributed by atoms with Crippen LogP contribution in [0.15, 0.2) is 42.7 Å².